The molecule has 1 atom stereocenters. The van der Waals surface area contributed by atoms with Crippen LogP contribution in [0.5, 0.6) is 0 Å². The first-order valence-electron chi connectivity index (χ1n) is 12.8. The Balaban J connectivity index is 1.40. The number of urea groups is 1. The van der Waals surface area contributed by atoms with Gasteiger partial charge in [0.15, 0.2) is 0 Å². The average Bonchev–Trinajstić information content (AvgIpc) is 3.37. The lowest BCUT2D eigenvalue weighted by atomic mass is 10.1. The lowest BCUT2D eigenvalue weighted by Crippen LogP contribution is -2.56. The van der Waals surface area contributed by atoms with E-state index in [1.807, 2.05) is 13.0 Å². The number of ketones is 1. The number of rotatable bonds is 8. The van der Waals surface area contributed by atoms with Crippen molar-refractivity contribution in [3.05, 3.63) is 65.9 Å². The molecule has 0 saturated carbocycles. The number of esters is 1. The summed E-state index contributed by atoms with van der Waals surface area (Å²) in [4.78, 5) is 69.2. The van der Waals surface area contributed by atoms with Gasteiger partial charge in [-0.2, -0.15) is 0 Å². The molecule has 204 valence electrons. The molecule has 4 rings (SSSR count). The minimum absolute atomic E-state index is 0.0435. The Hall–Kier alpha value is -4.67. The smallest absolute Gasteiger partial charge is 0.319 e. The van der Waals surface area contributed by atoms with Crippen LogP contribution in [0.25, 0.3) is 10.9 Å². The molecule has 1 fully saturated rings. The van der Waals surface area contributed by atoms with Crippen molar-refractivity contribution in [2.75, 3.05) is 38.1 Å². The summed E-state index contributed by atoms with van der Waals surface area (Å²) in [6.07, 6.45) is 1.50. The van der Waals surface area contributed by atoms with Crippen LogP contribution in [0.1, 0.15) is 41.0 Å². The number of fused-ring (bicyclic) bond motifs is 1. The molecule has 2 aromatic carbocycles. The normalized spacial score (nSPS) is 15.1. The number of hydrogen-bond donors (Lipinski definition) is 3. The van der Waals surface area contributed by atoms with E-state index < -0.39 is 23.7 Å². The molecule has 3 N–H and O–H groups in total. The van der Waals surface area contributed by atoms with Gasteiger partial charge in [-0.05, 0) is 32.0 Å². The standard InChI is InChI=1S/C28H31N5O6/c1-3-39-23(34)12-13-29-28(38)31-22-11-7-10-20-21(16-30-24(20)22)25(35)27(37)33-15-14-32(17-18(33)2)26(36)19-8-5-4-6-9-19/h4-11,16,18,30H,3,12-15,17H2,1-2H3,(H2,29,31,38)/t18-/m1/s1. The van der Waals surface area contributed by atoms with Gasteiger partial charge in [-0.15, -0.1) is 0 Å². The van der Waals surface area contributed by atoms with Gasteiger partial charge in [-0.3, -0.25) is 19.2 Å². The number of aromatic nitrogens is 1. The van der Waals surface area contributed by atoms with Gasteiger partial charge in [-0.25, -0.2) is 4.79 Å². The van der Waals surface area contributed by atoms with Crippen LogP contribution in [0.4, 0.5) is 10.5 Å². The maximum atomic E-state index is 13.3. The third-order valence-electron chi connectivity index (χ3n) is 6.52. The molecule has 1 aliphatic rings. The fourth-order valence-corrected chi connectivity index (χ4v) is 4.58. The summed E-state index contributed by atoms with van der Waals surface area (Å²) in [5, 5.41) is 5.77. The number of hydrogen-bond acceptors (Lipinski definition) is 6. The first-order chi connectivity index (χ1) is 18.8. The zero-order valence-corrected chi connectivity index (χ0v) is 21.9. The number of carbonyl (C=O) groups is 5. The van der Waals surface area contributed by atoms with Gasteiger partial charge in [-0.1, -0.05) is 30.3 Å². The number of nitrogens with zero attached hydrogens (tertiary/aromatic N) is 2. The number of para-hydroxylation sites is 1. The van der Waals surface area contributed by atoms with E-state index in [0.29, 0.717) is 35.2 Å². The molecule has 39 heavy (non-hydrogen) atoms. The Morgan fingerprint density at radius 1 is 1.03 bits per heavy atom. The number of H-pyrrole nitrogens is 1. The number of anilines is 1. The van der Waals surface area contributed by atoms with Crippen molar-refractivity contribution < 1.29 is 28.7 Å². The lowest BCUT2D eigenvalue weighted by molar-refractivity contribution is -0.142. The molecule has 0 bridgehead atoms. The van der Waals surface area contributed by atoms with E-state index >= 15 is 0 Å². The number of carbonyl (C=O) groups excluding carboxylic acids is 5. The number of ether oxygens (including phenoxy) is 1. The average molecular weight is 534 g/mol. The van der Waals surface area contributed by atoms with Crippen molar-refractivity contribution in [3.63, 3.8) is 0 Å². The van der Waals surface area contributed by atoms with Crippen molar-refractivity contribution in [2.45, 2.75) is 26.3 Å². The van der Waals surface area contributed by atoms with E-state index in [1.54, 1.807) is 54.3 Å². The molecular formula is C28H31N5O6. The van der Waals surface area contributed by atoms with Crippen molar-refractivity contribution >= 4 is 46.2 Å². The van der Waals surface area contributed by atoms with E-state index in [0.717, 1.165) is 0 Å². The minimum Gasteiger partial charge on any atom is -0.466 e. The van der Waals surface area contributed by atoms with Crippen LogP contribution in [0, 0.1) is 0 Å². The van der Waals surface area contributed by atoms with Crippen molar-refractivity contribution in [1.29, 1.82) is 0 Å². The van der Waals surface area contributed by atoms with Crippen LogP contribution in [0.15, 0.2) is 54.7 Å². The zero-order valence-electron chi connectivity index (χ0n) is 21.9. The van der Waals surface area contributed by atoms with E-state index in [1.165, 1.54) is 11.1 Å². The number of Topliss-reactive ketones (excluding diaryl/α,β-unsaturated/α-hetero) is 1. The Labute approximate surface area is 225 Å². The number of benzene rings is 2. The van der Waals surface area contributed by atoms with Gasteiger partial charge in [0.2, 0.25) is 0 Å². The number of piperazine rings is 1. The predicted molar refractivity (Wildman–Crippen MR) is 144 cm³/mol. The highest BCUT2D eigenvalue weighted by Gasteiger charge is 2.34. The van der Waals surface area contributed by atoms with E-state index in [4.69, 9.17) is 4.74 Å². The molecule has 0 unspecified atom stereocenters. The maximum absolute atomic E-state index is 13.3. The van der Waals surface area contributed by atoms with E-state index in [2.05, 4.69) is 15.6 Å². The van der Waals surface area contributed by atoms with Crippen LogP contribution in [0.3, 0.4) is 0 Å². The molecule has 11 heteroatoms. The van der Waals surface area contributed by atoms with Gasteiger partial charge in [0.25, 0.3) is 17.6 Å². The van der Waals surface area contributed by atoms with Crippen molar-refractivity contribution in [3.8, 4) is 0 Å². The van der Waals surface area contributed by atoms with Crippen LogP contribution in [-0.4, -0.2) is 83.2 Å². The van der Waals surface area contributed by atoms with Gasteiger partial charge >= 0.3 is 12.0 Å². The fourth-order valence-electron chi connectivity index (χ4n) is 4.58. The maximum Gasteiger partial charge on any atom is 0.319 e. The second-order valence-corrected chi connectivity index (χ2v) is 9.16. The van der Waals surface area contributed by atoms with Crippen LogP contribution in [-0.2, 0) is 14.3 Å². The SMILES string of the molecule is CCOC(=O)CCNC(=O)Nc1cccc2c(C(=O)C(=O)N3CCN(C(=O)c4ccccc4)C[C@H]3C)c[nH]c12. The first-order valence-corrected chi connectivity index (χ1v) is 12.8. The highest BCUT2D eigenvalue weighted by atomic mass is 16.5. The summed E-state index contributed by atoms with van der Waals surface area (Å²) in [7, 11) is 0. The van der Waals surface area contributed by atoms with Crippen molar-refractivity contribution in [1.82, 2.24) is 20.1 Å². The van der Waals surface area contributed by atoms with Gasteiger partial charge in [0.1, 0.15) is 0 Å². The topological polar surface area (TPSA) is 141 Å². The molecule has 4 amide bonds. The molecule has 1 aliphatic heterocycles. The predicted octanol–water partition coefficient (Wildman–Crippen LogP) is 2.80. The summed E-state index contributed by atoms with van der Waals surface area (Å²) >= 11 is 0. The molecule has 1 aromatic heterocycles. The molecule has 1 saturated heterocycles. The van der Waals surface area contributed by atoms with Crippen LogP contribution < -0.4 is 10.6 Å². The molecule has 0 radical (unpaired) electrons. The number of amides is 4. The van der Waals surface area contributed by atoms with E-state index in [-0.39, 0.29) is 43.6 Å². The second-order valence-electron chi connectivity index (χ2n) is 9.16. The van der Waals surface area contributed by atoms with Gasteiger partial charge in [0, 0.05) is 49.4 Å². The monoisotopic (exact) mass is 533 g/mol. The Morgan fingerprint density at radius 2 is 1.79 bits per heavy atom. The van der Waals surface area contributed by atoms with Crippen molar-refractivity contribution in [2.24, 2.45) is 0 Å². The molecule has 2 heterocycles. The summed E-state index contributed by atoms with van der Waals surface area (Å²) in [5.74, 6) is -1.84. The van der Waals surface area contributed by atoms with Crippen LogP contribution in [0.2, 0.25) is 0 Å². The second kappa shape index (κ2) is 12.2. The van der Waals surface area contributed by atoms with Gasteiger partial charge in [0.05, 0.1) is 29.8 Å². The summed E-state index contributed by atoms with van der Waals surface area (Å²) in [6.45, 7) is 4.78. The zero-order chi connectivity index (χ0) is 27.9. The first kappa shape index (κ1) is 27.4. The molecule has 0 aliphatic carbocycles. The Bertz CT molecular complexity index is 1390. The van der Waals surface area contributed by atoms with Crippen LogP contribution >= 0.6 is 0 Å². The largest absolute Gasteiger partial charge is 0.466 e. The number of nitrogens with one attached hydrogen (secondary N) is 3. The summed E-state index contributed by atoms with van der Waals surface area (Å²) in [5.41, 5.74) is 1.67. The molecule has 3 aromatic rings. The minimum atomic E-state index is -0.674. The third kappa shape index (κ3) is 6.25. The Kier molecular flexibility index (Phi) is 8.60. The number of aromatic amines is 1. The highest BCUT2D eigenvalue weighted by molar-refractivity contribution is 6.45. The summed E-state index contributed by atoms with van der Waals surface area (Å²) < 4.78 is 4.83. The molecule has 11 nitrogen and oxygen atoms in total. The fraction of sp³-hybridized carbons (Fsp3) is 0.321. The third-order valence-corrected chi connectivity index (χ3v) is 6.52. The summed E-state index contributed by atoms with van der Waals surface area (Å²) in [6, 6.07) is 13.1. The Morgan fingerprint density at radius 3 is 2.51 bits per heavy atom. The molecule has 0 spiro atoms. The molecular weight excluding hydrogens is 502 g/mol. The highest BCUT2D eigenvalue weighted by Crippen LogP contribution is 2.26. The quantitative estimate of drug-likeness (QED) is 0.231. The lowest BCUT2D eigenvalue weighted by Gasteiger charge is -2.39. The van der Waals surface area contributed by atoms with E-state index in [9.17, 15) is 24.0 Å². The van der Waals surface area contributed by atoms with Gasteiger partial charge < -0.3 is 30.2 Å².